The second kappa shape index (κ2) is 5.76. The Balaban J connectivity index is 2.12. The summed E-state index contributed by atoms with van der Waals surface area (Å²) in [5.74, 6) is -0.309. The fourth-order valence-electron chi connectivity index (χ4n) is 2.16. The molecule has 0 amide bonds. The smallest absolute Gasteiger partial charge is 0.310 e. The summed E-state index contributed by atoms with van der Waals surface area (Å²) in [6, 6.07) is 5.24. The van der Waals surface area contributed by atoms with Crippen molar-refractivity contribution in [3.05, 3.63) is 39.1 Å². The summed E-state index contributed by atoms with van der Waals surface area (Å²) < 4.78 is 6.28. The van der Waals surface area contributed by atoms with Crippen molar-refractivity contribution in [2.24, 2.45) is 0 Å². The standard InChI is InChI=1S/C14H12N4O4S/c1-7-5-8(3-4-9(7)22-2)12-13(21)18-14(16-15-12)23-10(17-18)6-11(19)20/h3-5H,6H2,1-2H3,(H,19,20). The second-order valence-corrected chi connectivity index (χ2v) is 5.84. The number of methoxy groups -OCH3 is 1. The molecule has 0 fully saturated rings. The van der Waals surface area contributed by atoms with Crippen molar-refractivity contribution in [3.63, 3.8) is 0 Å². The Kier molecular flexibility index (Phi) is 3.78. The number of carbonyl (C=O) groups is 1. The molecule has 2 aromatic heterocycles. The highest BCUT2D eigenvalue weighted by molar-refractivity contribution is 7.16. The van der Waals surface area contributed by atoms with E-state index in [0.29, 0.717) is 16.3 Å². The summed E-state index contributed by atoms with van der Waals surface area (Å²) >= 11 is 1.03. The molecule has 1 N–H and O–H groups in total. The molecule has 0 saturated carbocycles. The van der Waals surface area contributed by atoms with Gasteiger partial charge in [0.2, 0.25) is 4.96 Å². The van der Waals surface area contributed by atoms with Gasteiger partial charge in [-0.2, -0.15) is 9.61 Å². The Morgan fingerprint density at radius 2 is 2.17 bits per heavy atom. The molecule has 118 valence electrons. The molecule has 0 aliphatic carbocycles. The average molecular weight is 332 g/mol. The van der Waals surface area contributed by atoms with E-state index in [4.69, 9.17) is 9.84 Å². The van der Waals surface area contributed by atoms with Crippen LogP contribution in [-0.2, 0) is 11.2 Å². The highest BCUT2D eigenvalue weighted by Crippen LogP contribution is 2.23. The van der Waals surface area contributed by atoms with Crippen LogP contribution in [0.4, 0.5) is 0 Å². The summed E-state index contributed by atoms with van der Waals surface area (Å²) in [5, 5.41) is 21.0. The average Bonchev–Trinajstić information content (AvgIpc) is 2.90. The number of aliphatic carboxylic acids is 1. The van der Waals surface area contributed by atoms with E-state index in [1.165, 1.54) is 0 Å². The van der Waals surface area contributed by atoms with Gasteiger partial charge in [0.05, 0.1) is 13.5 Å². The summed E-state index contributed by atoms with van der Waals surface area (Å²) in [6.45, 7) is 1.86. The van der Waals surface area contributed by atoms with E-state index in [1.54, 1.807) is 25.3 Å². The highest BCUT2D eigenvalue weighted by atomic mass is 32.1. The first-order valence-electron chi connectivity index (χ1n) is 6.62. The zero-order chi connectivity index (χ0) is 16.6. The molecule has 0 saturated heterocycles. The first kappa shape index (κ1) is 15.1. The molecule has 9 heteroatoms. The molecule has 0 spiro atoms. The quantitative estimate of drug-likeness (QED) is 0.764. The predicted octanol–water partition coefficient (Wildman–Crippen LogP) is 1.16. The Labute approximate surface area is 134 Å². The fraction of sp³-hybridized carbons (Fsp3) is 0.214. The number of aryl methyl sites for hydroxylation is 1. The minimum atomic E-state index is -1.02. The van der Waals surface area contributed by atoms with Crippen molar-refractivity contribution in [2.75, 3.05) is 7.11 Å². The maximum atomic E-state index is 12.5. The van der Waals surface area contributed by atoms with Crippen molar-refractivity contribution >= 4 is 22.3 Å². The van der Waals surface area contributed by atoms with Crippen LogP contribution in [0.1, 0.15) is 10.6 Å². The van der Waals surface area contributed by atoms with Gasteiger partial charge in [0.25, 0.3) is 0 Å². The lowest BCUT2D eigenvalue weighted by Crippen LogP contribution is -2.19. The molecule has 0 bridgehead atoms. The van der Waals surface area contributed by atoms with E-state index in [-0.39, 0.29) is 17.1 Å². The minimum absolute atomic E-state index is 0.153. The van der Waals surface area contributed by atoms with Gasteiger partial charge in [0.15, 0.2) is 5.69 Å². The summed E-state index contributed by atoms with van der Waals surface area (Å²) in [5.41, 5.74) is 1.18. The molecule has 1 aromatic carbocycles. The lowest BCUT2D eigenvalue weighted by Gasteiger charge is -2.06. The van der Waals surface area contributed by atoms with Crippen LogP contribution in [0, 0.1) is 6.92 Å². The minimum Gasteiger partial charge on any atom is -0.496 e. The van der Waals surface area contributed by atoms with E-state index in [9.17, 15) is 9.59 Å². The van der Waals surface area contributed by atoms with Crippen LogP contribution >= 0.6 is 11.3 Å². The maximum Gasteiger partial charge on any atom is 0.310 e. The third-order valence-electron chi connectivity index (χ3n) is 3.20. The van der Waals surface area contributed by atoms with Gasteiger partial charge in [-0.25, -0.2) is 0 Å². The first-order valence-corrected chi connectivity index (χ1v) is 7.43. The van der Waals surface area contributed by atoms with Crippen molar-refractivity contribution in [1.82, 2.24) is 19.8 Å². The topological polar surface area (TPSA) is 107 Å². The fourth-order valence-corrected chi connectivity index (χ4v) is 2.98. The number of carboxylic acids is 1. The number of nitrogens with zero attached hydrogens (tertiary/aromatic N) is 4. The summed E-state index contributed by atoms with van der Waals surface area (Å²) in [6.07, 6.45) is -0.259. The van der Waals surface area contributed by atoms with E-state index in [2.05, 4.69) is 15.3 Å². The highest BCUT2D eigenvalue weighted by Gasteiger charge is 2.15. The van der Waals surface area contributed by atoms with Crippen LogP contribution < -0.4 is 10.3 Å². The Bertz CT molecular complexity index is 963. The van der Waals surface area contributed by atoms with Gasteiger partial charge in [0.1, 0.15) is 10.8 Å². The van der Waals surface area contributed by atoms with E-state index in [0.717, 1.165) is 21.4 Å². The molecular formula is C14H12N4O4S. The normalized spacial score (nSPS) is 10.9. The molecule has 0 radical (unpaired) electrons. The zero-order valence-corrected chi connectivity index (χ0v) is 13.1. The van der Waals surface area contributed by atoms with Gasteiger partial charge in [0, 0.05) is 5.56 Å². The Morgan fingerprint density at radius 1 is 1.39 bits per heavy atom. The number of ether oxygens (including phenoxy) is 1. The van der Waals surface area contributed by atoms with Crippen molar-refractivity contribution in [2.45, 2.75) is 13.3 Å². The second-order valence-electron chi connectivity index (χ2n) is 4.80. The molecular weight excluding hydrogens is 320 g/mol. The number of hydrogen-bond acceptors (Lipinski definition) is 7. The van der Waals surface area contributed by atoms with Gasteiger partial charge in [-0.3, -0.25) is 9.59 Å². The van der Waals surface area contributed by atoms with E-state index < -0.39 is 11.5 Å². The molecule has 0 aliphatic heterocycles. The molecule has 3 aromatic rings. The van der Waals surface area contributed by atoms with Gasteiger partial charge < -0.3 is 9.84 Å². The number of benzene rings is 1. The lowest BCUT2D eigenvalue weighted by molar-refractivity contribution is -0.136. The van der Waals surface area contributed by atoms with Gasteiger partial charge in [-0.15, -0.1) is 10.2 Å². The van der Waals surface area contributed by atoms with Gasteiger partial charge >= 0.3 is 11.5 Å². The summed E-state index contributed by atoms with van der Waals surface area (Å²) in [4.78, 5) is 23.5. The largest absolute Gasteiger partial charge is 0.496 e. The number of fused-ring (bicyclic) bond motifs is 1. The lowest BCUT2D eigenvalue weighted by atomic mass is 10.1. The van der Waals surface area contributed by atoms with Crippen LogP contribution in [-0.4, -0.2) is 38.0 Å². The van der Waals surface area contributed by atoms with Crippen LogP contribution in [0.2, 0.25) is 0 Å². The third-order valence-corrected chi connectivity index (χ3v) is 4.10. The molecule has 8 nitrogen and oxygen atoms in total. The van der Waals surface area contributed by atoms with E-state index >= 15 is 0 Å². The van der Waals surface area contributed by atoms with Crippen LogP contribution in [0.3, 0.4) is 0 Å². The molecule has 23 heavy (non-hydrogen) atoms. The predicted molar refractivity (Wildman–Crippen MR) is 83.0 cm³/mol. The van der Waals surface area contributed by atoms with Gasteiger partial charge in [-0.05, 0) is 30.7 Å². The van der Waals surface area contributed by atoms with Crippen molar-refractivity contribution in [1.29, 1.82) is 0 Å². The molecule has 3 rings (SSSR count). The molecule has 2 heterocycles. The maximum absolute atomic E-state index is 12.5. The van der Waals surface area contributed by atoms with Crippen LogP contribution in [0.15, 0.2) is 23.0 Å². The first-order chi connectivity index (χ1) is 11.0. The third kappa shape index (κ3) is 2.78. The number of rotatable bonds is 4. The number of aromatic nitrogens is 4. The van der Waals surface area contributed by atoms with Gasteiger partial charge in [-0.1, -0.05) is 11.3 Å². The number of hydrogen-bond donors (Lipinski definition) is 1. The molecule has 0 atom stereocenters. The monoisotopic (exact) mass is 332 g/mol. The molecule has 0 unspecified atom stereocenters. The summed E-state index contributed by atoms with van der Waals surface area (Å²) in [7, 11) is 1.57. The van der Waals surface area contributed by atoms with Crippen molar-refractivity contribution < 1.29 is 14.6 Å². The Morgan fingerprint density at radius 3 is 2.83 bits per heavy atom. The van der Waals surface area contributed by atoms with Crippen LogP contribution in [0.5, 0.6) is 5.75 Å². The zero-order valence-electron chi connectivity index (χ0n) is 12.3. The van der Waals surface area contributed by atoms with Crippen molar-refractivity contribution in [3.8, 4) is 17.0 Å². The van der Waals surface area contributed by atoms with E-state index in [1.807, 2.05) is 6.92 Å². The molecule has 0 aliphatic rings. The Hall–Kier alpha value is -2.81. The number of carboxylic acid groups (broad SMARTS) is 1. The SMILES string of the molecule is COc1ccc(-c2nnc3sc(CC(=O)O)nn3c2=O)cc1C. The van der Waals surface area contributed by atoms with Crippen LogP contribution in [0.25, 0.3) is 16.2 Å².